The first-order valence-electron chi connectivity index (χ1n) is 5.58. The predicted octanol–water partition coefficient (Wildman–Crippen LogP) is 3.43. The average molecular weight is 203 g/mol. The molecule has 0 saturated carbocycles. The van der Waals surface area contributed by atoms with E-state index >= 15 is 0 Å². The minimum atomic E-state index is 0.388. The lowest BCUT2D eigenvalue weighted by Gasteiger charge is -2.31. The van der Waals surface area contributed by atoms with E-state index in [-0.39, 0.29) is 0 Å². The normalized spacial score (nSPS) is 12.0. The minimum absolute atomic E-state index is 0.388. The van der Waals surface area contributed by atoms with E-state index in [1.807, 2.05) is 0 Å². The maximum Gasteiger partial charge on any atom is 0.0282 e. The van der Waals surface area contributed by atoms with Crippen LogP contribution in [0.2, 0.25) is 0 Å². The van der Waals surface area contributed by atoms with E-state index in [0.29, 0.717) is 4.75 Å². The van der Waals surface area contributed by atoms with E-state index < -0.39 is 0 Å². The zero-order chi connectivity index (χ0) is 10.2. The summed E-state index contributed by atoms with van der Waals surface area (Å²) in [6.45, 7) is 7.60. The molecule has 0 heterocycles. The third-order valence-electron chi connectivity index (χ3n) is 2.40. The summed E-state index contributed by atoms with van der Waals surface area (Å²) in [5, 5.41) is 0. The highest BCUT2D eigenvalue weighted by Gasteiger charge is 2.26. The maximum absolute atomic E-state index is 5.90. The van der Waals surface area contributed by atoms with E-state index in [4.69, 9.17) is 5.73 Å². The summed E-state index contributed by atoms with van der Waals surface area (Å²) >= 11 is 2.09. The van der Waals surface area contributed by atoms with Crippen LogP contribution in [0.5, 0.6) is 0 Å². The van der Waals surface area contributed by atoms with Crippen LogP contribution in [0.4, 0.5) is 0 Å². The molecule has 0 aliphatic heterocycles. The fraction of sp³-hybridized carbons (Fsp3) is 1.00. The second-order valence-electron chi connectivity index (χ2n) is 3.74. The molecule has 1 nitrogen and oxygen atoms in total. The van der Waals surface area contributed by atoms with Crippen molar-refractivity contribution in [2.45, 2.75) is 57.6 Å². The molecule has 0 aromatic heterocycles. The Labute approximate surface area is 87.9 Å². The summed E-state index contributed by atoms with van der Waals surface area (Å²) in [5.74, 6) is 1.26. The number of rotatable bonds is 8. The van der Waals surface area contributed by atoms with Crippen molar-refractivity contribution in [3.05, 3.63) is 0 Å². The van der Waals surface area contributed by atoms with E-state index in [1.165, 1.54) is 37.9 Å². The Morgan fingerprint density at radius 3 is 1.85 bits per heavy atom. The molecule has 2 heteroatoms. The molecule has 0 amide bonds. The Hall–Kier alpha value is 0.310. The lowest BCUT2D eigenvalue weighted by molar-refractivity contribution is 0.497. The number of hydrogen-bond donors (Lipinski definition) is 1. The Morgan fingerprint density at radius 2 is 1.54 bits per heavy atom. The van der Waals surface area contributed by atoms with Crippen LogP contribution in [-0.2, 0) is 0 Å². The topological polar surface area (TPSA) is 26.0 Å². The van der Waals surface area contributed by atoms with Gasteiger partial charge in [-0.05, 0) is 25.0 Å². The third-order valence-corrected chi connectivity index (χ3v) is 4.20. The maximum atomic E-state index is 5.90. The van der Waals surface area contributed by atoms with E-state index in [1.54, 1.807) is 0 Å². The first kappa shape index (κ1) is 13.3. The van der Waals surface area contributed by atoms with Crippen LogP contribution in [0, 0.1) is 0 Å². The molecule has 0 unspecified atom stereocenters. The molecule has 2 N–H and O–H groups in total. The molecule has 80 valence electrons. The van der Waals surface area contributed by atoms with Crippen molar-refractivity contribution >= 4 is 11.8 Å². The Bertz CT molecular complexity index is 109. The number of nitrogens with two attached hydrogens (primary N) is 1. The molecule has 13 heavy (non-hydrogen) atoms. The van der Waals surface area contributed by atoms with Crippen LogP contribution in [0.3, 0.4) is 0 Å². The molecule has 0 spiro atoms. The summed E-state index contributed by atoms with van der Waals surface area (Å²) in [7, 11) is 0. The summed E-state index contributed by atoms with van der Waals surface area (Å²) in [4.78, 5) is 0. The van der Waals surface area contributed by atoms with Gasteiger partial charge in [0.05, 0.1) is 0 Å². The molecular formula is C11H25NS. The fourth-order valence-corrected chi connectivity index (χ4v) is 3.21. The van der Waals surface area contributed by atoms with Crippen LogP contribution in [-0.4, -0.2) is 17.0 Å². The van der Waals surface area contributed by atoms with Crippen molar-refractivity contribution < 1.29 is 0 Å². The van der Waals surface area contributed by atoms with Gasteiger partial charge in [0.15, 0.2) is 0 Å². The standard InChI is InChI=1S/C11H25NS/c1-4-7-11(10-12,8-5-2)13-9-6-3/h4-10,12H2,1-3H3. The third kappa shape index (κ3) is 4.92. The summed E-state index contributed by atoms with van der Waals surface area (Å²) in [5.41, 5.74) is 5.90. The monoisotopic (exact) mass is 203 g/mol. The molecule has 0 aliphatic rings. The molecule has 0 saturated heterocycles. The SMILES string of the molecule is CCCSC(CN)(CCC)CCC. The fourth-order valence-electron chi connectivity index (χ4n) is 1.76. The molecule has 0 rings (SSSR count). The number of thioether (sulfide) groups is 1. The van der Waals surface area contributed by atoms with E-state index in [0.717, 1.165) is 6.54 Å². The van der Waals surface area contributed by atoms with Gasteiger partial charge in [0.25, 0.3) is 0 Å². The van der Waals surface area contributed by atoms with Gasteiger partial charge < -0.3 is 5.73 Å². The van der Waals surface area contributed by atoms with Crippen molar-refractivity contribution in [1.29, 1.82) is 0 Å². The number of hydrogen-bond acceptors (Lipinski definition) is 2. The van der Waals surface area contributed by atoms with Crippen molar-refractivity contribution in [2.24, 2.45) is 5.73 Å². The van der Waals surface area contributed by atoms with Gasteiger partial charge in [-0.2, -0.15) is 11.8 Å². The molecule has 0 aliphatic carbocycles. The average Bonchev–Trinajstić information content (AvgIpc) is 2.15. The van der Waals surface area contributed by atoms with Crippen LogP contribution in [0.25, 0.3) is 0 Å². The second kappa shape index (κ2) is 7.69. The van der Waals surface area contributed by atoms with Crippen molar-refractivity contribution in [2.75, 3.05) is 12.3 Å². The minimum Gasteiger partial charge on any atom is -0.329 e. The van der Waals surface area contributed by atoms with Gasteiger partial charge >= 0.3 is 0 Å². The molecule has 0 bridgehead atoms. The van der Waals surface area contributed by atoms with Crippen LogP contribution in [0.15, 0.2) is 0 Å². The largest absolute Gasteiger partial charge is 0.329 e. The van der Waals surface area contributed by atoms with Crippen molar-refractivity contribution in [3.63, 3.8) is 0 Å². The van der Waals surface area contributed by atoms with E-state index in [2.05, 4.69) is 32.5 Å². The van der Waals surface area contributed by atoms with Gasteiger partial charge in [-0.25, -0.2) is 0 Å². The Balaban J connectivity index is 4.07. The molecule has 0 aromatic carbocycles. The molecule has 0 atom stereocenters. The highest BCUT2D eigenvalue weighted by atomic mass is 32.2. The van der Waals surface area contributed by atoms with Crippen LogP contribution < -0.4 is 5.73 Å². The molecule has 0 aromatic rings. The first-order chi connectivity index (χ1) is 6.24. The van der Waals surface area contributed by atoms with Gasteiger partial charge in [-0.1, -0.05) is 33.6 Å². The lowest BCUT2D eigenvalue weighted by Crippen LogP contribution is -2.34. The zero-order valence-corrected chi connectivity index (χ0v) is 10.3. The summed E-state index contributed by atoms with van der Waals surface area (Å²) in [6.07, 6.45) is 6.34. The zero-order valence-electron chi connectivity index (χ0n) is 9.44. The lowest BCUT2D eigenvalue weighted by atomic mass is 9.97. The molecule has 0 radical (unpaired) electrons. The van der Waals surface area contributed by atoms with Crippen LogP contribution in [0.1, 0.15) is 52.9 Å². The highest BCUT2D eigenvalue weighted by Crippen LogP contribution is 2.34. The predicted molar refractivity (Wildman–Crippen MR) is 64.4 cm³/mol. The van der Waals surface area contributed by atoms with Crippen molar-refractivity contribution in [1.82, 2.24) is 0 Å². The van der Waals surface area contributed by atoms with E-state index in [9.17, 15) is 0 Å². The first-order valence-corrected chi connectivity index (χ1v) is 6.57. The van der Waals surface area contributed by atoms with Crippen LogP contribution >= 0.6 is 11.8 Å². The van der Waals surface area contributed by atoms with Gasteiger partial charge in [-0.3, -0.25) is 0 Å². The van der Waals surface area contributed by atoms with Gasteiger partial charge in [0.2, 0.25) is 0 Å². The van der Waals surface area contributed by atoms with Gasteiger partial charge in [0, 0.05) is 11.3 Å². The smallest absolute Gasteiger partial charge is 0.0282 e. The Kier molecular flexibility index (Phi) is 7.87. The van der Waals surface area contributed by atoms with Gasteiger partial charge in [0.1, 0.15) is 0 Å². The Morgan fingerprint density at radius 1 is 1.00 bits per heavy atom. The second-order valence-corrected chi connectivity index (χ2v) is 5.30. The quantitative estimate of drug-likeness (QED) is 0.654. The summed E-state index contributed by atoms with van der Waals surface area (Å²) in [6, 6.07) is 0. The highest BCUT2D eigenvalue weighted by molar-refractivity contribution is 8.00. The molecular weight excluding hydrogens is 178 g/mol. The van der Waals surface area contributed by atoms with Crippen molar-refractivity contribution in [3.8, 4) is 0 Å². The van der Waals surface area contributed by atoms with Gasteiger partial charge in [-0.15, -0.1) is 0 Å². The summed E-state index contributed by atoms with van der Waals surface area (Å²) < 4.78 is 0.388. The molecule has 0 fully saturated rings.